The van der Waals surface area contributed by atoms with E-state index in [2.05, 4.69) is 31.3 Å². The average Bonchev–Trinajstić information content (AvgIpc) is 2.81. The van der Waals surface area contributed by atoms with E-state index in [0.717, 1.165) is 31.0 Å². The summed E-state index contributed by atoms with van der Waals surface area (Å²) in [5, 5.41) is 5.35. The van der Waals surface area contributed by atoms with E-state index in [4.69, 9.17) is 16.6 Å². The first kappa shape index (κ1) is 14.5. The zero-order chi connectivity index (χ0) is 13.7. The number of hydrogen-bond donors (Lipinski definition) is 1. The normalized spacial score (nSPS) is 10.9. The van der Waals surface area contributed by atoms with Gasteiger partial charge in [0, 0.05) is 22.9 Å². The van der Waals surface area contributed by atoms with Crippen molar-refractivity contribution >= 4 is 22.9 Å². The molecule has 0 saturated carbocycles. The maximum Gasteiger partial charge on any atom is 0.0975 e. The van der Waals surface area contributed by atoms with Gasteiger partial charge >= 0.3 is 0 Å². The Kier molecular flexibility index (Phi) is 5.37. The minimum absolute atomic E-state index is 0.782. The summed E-state index contributed by atoms with van der Waals surface area (Å²) in [6, 6.07) is 8.01. The lowest BCUT2D eigenvalue weighted by Crippen LogP contribution is -2.11. The predicted molar refractivity (Wildman–Crippen MR) is 83.1 cm³/mol. The molecule has 0 radical (unpaired) electrons. The lowest BCUT2D eigenvalue weighted by Gasteiger charge is -1.99. The van der Waals surface area contributed by atoms with Crippen molar-refractivity contribution in [3.05, 3.63) is 50.4 Å². The quantitative estimate of drug-likeness (QED) is 0.869. The third kappa shape index (κ3) is 4.03. The van der Waals surface area contributed by atoms with Crippen LogP contribution in [0.1, 0.15) is 35.0 Å². The molecule has 0 saturated heterocycles. The van der Waals surface area contributed by atoms with E-state index in [0.29, 0.717) is 0 Å². The van der Waals surface area contributed by atoms with E-state index < -0.39 is 0 Å². The zero-order valence-electron chi connectivity index (χ0n) is 11.4. The molecule has 0 aliphatic heterocycles. The van der Waals surface area contributed by atoms with Gasteiger partial charge in [-0.25, -0.2) is 4.98 Å². The molecule has 0 atom stereocenters. The van der Waals surface area contributed by atoms with Crippen LogP contribution in [0.5, 0.6) is 0 Å². The molecule has 2 aromatic rings. The van der Waals surface area contributed by atoms with Gasteiger partial charge in [0.2, 0.25) is 0 Å². The molecule has 0 fully saturated rings. The van der Waals surface area contributed by atoms with Crippen molar-refractivity contribution in [2.75, 3.05) is 6.54 Å². The first-order valence-corrected chi connectivity index (χ1v) is 7.85. The highest BCUT2D eigenvalue weighted by Gasteiger charge is 2.09. The molecule has 0 unspecified atom stereocenters. The summed E-state index contributed by atoms with van der Waals surface area (Å²) in [5.41, 5.74) is 2.49. The van der Waals surface area contributed by atoms with Crippen LogP contribution in [0.3, 0.4) is 0 Å². The van der Waals surface area contributed by atoms with E-state index in [1.54, 1.807) is 0 Å². The zero-order valence-corrected chi connectivity index (χ0v) is 12.9. The van der Waals surface area contributed by atoms with Gasteiger partial charge in [-0.2, -0.15) is 0 Å². The minimum Gasteiger partial charge on any atom is -0.312 e. The van der Waals surface area contributed by atoms with Gasteiger partial charge in [0.1, 0.15) is 0 Å². The van der Waals surface area contributed by atoms with Crippen LogP contribution in [0, 0.1) is 0 Å². The highest BCUT2D eigenvalue weighted by atomic mass is 35.5. The van der Waals surface area contributed by atoms with Crippen molar-refractivity contribution in [2.24, 2.45) is 0 Å². The number of nitrogens with zero attached hydrogens (tertiary/aromatic N) is 1. The Bertz CT molecular complexity index is 519. The van der Waals surface area contributed by atoms with Crippen LogP contribution in [-0.2, 0) is 19.4 Å². The van der Waals surface area contributed by atoms with Gasteiger partial charge in [-0.05, 0) is 30.7 Å². The Morgan fingerprint density at radius 1 is 1.21 bits per heavy atom. The monoisotopic (exact) mass is 294 g/mol. The summed E-state index contributed by atoms with van der Waals surface area (Å²) in [5.74, 6) is 0. The SMILES string of the molecule is CCNCc1sc(Cc2ccc(Cl)cc2)nc1CC. The van der Waals surface area contributed by atoms with Crippen LogP contribution in [0.15, 0.2) is 24.3 Å². The van der Waals surface area contributed by atoms with E-state index in [-0.39, 0.29) is 0 Å². The third-order valence-corrected chi connectivity index (χ3v) is 4.31. The fraction of sp³-hybridized carbons (Fsp3) is 0.400. The second-order valence-electron chi connectivity index (χ2n) is 4.41. The first-order chi connectivity index (χ1) is 9.22. The van der Waals surface area contributed by atoms with Crippen molar-refractivity contribution in [3.63, 3.8) is 0 Å². The van der Waals surface area contributed by atoms with E-state index in [1.807, 2.05) is 23.5 Å². The molecule has 19 heavy (non-hydrogen) atoms. The molecule has 0 bridgehead atoms. The topological polar surface area (TPSA) is 24.9 Å². The van der Waals surface area contributed by atoms with Crippen LogP contribution < -0.4 is 5.32 Å². The van der Waals surface area contributed by atoms with Crippen molar-refractivity contribution in [2.45, 2.75) is 33.2 Å². The Labute approximate surface area is 123 Å². The number of rotatable bonds is 6. The van der Waals surface area contributed by atoms with Crippen molar-refractivity contribution in [1.82, 2.24) is 10.3 Å². The fourth-order valence-electron chi connectivity index (χ4n) is 1.94. The average molecular weight is 295 g/mol. The molecule has 2 rings (SSSR count). The van der Waals surface area contributed by atoms with Gasteiger partial charge in [0.15, 0.2) is 0 Å². The van der Waals surface area contributed by atoms with E-state index >= 15 is 0 Å². The van der Waals surface area contributed by atoms with Gasteiger partial charge in [-0.3, -0.25) is 0 Å². The number of thiazole rings is 1. The molecule has 1 N–H and O–H groups in total. The number of aromatic nitrogens is 1. The maximum absolute atomic E-state index is 5.90. The van der Waals surface area contributed by atoms with Gasteiger partial charge < -0.3 is 5.32 Å². The lowest BCUT2D eigenvalue weighted by atomic mass is 10.2. The molecule has 0 amide bonds. The highest BCUT2D eigenvalue weighted by molar-refractivity contribution is 7.11. The number of benzene rings is 1. The predicted octanol–water partition coefficient (Wildman–Crippen LogP) is 4.06. The Morgan fingerprint density at radius 2 is 1.95 bits per heavy atom. The molecule has 4 heteroatoms. The largest absolute Gasteiger partial charge is 0.312 e. The number of halogens is 1. The van der Waals surface area contributed by atoms with Crippen molar-refractivity contribution in [3.8, 4) is 0 Å². The first-order valence-electron chi connectivity index (χ1n) is 6.65. The smallest absolute Gasteiger partial charge is 0.0975 e. The van der Waals surface area contributed by atoms with E-state index in [1.165, 1.54) is 21.1 Å². The van der Waals surface area contributed by atoms with Gasteiger partial charge in [0.05, 0.1) is 10.7 Å². The number of hydrogen-bond acceptors (Lipinski definition) is 3. The Balaban J connectivity index is 2.11. The fourth-order valence-corrected chi connectivity index (χ4v) is 3.23. The molecule has 0 spiro atoms. The van der Waals surface area contributed by atoms with Crippen LogP contribution in [0.2, 0.25) is 5.02 Å². The molecule has 0 aliphatic carbocycles. The summed E-state index contributed by atoms with van der Waals surface area (Å²) >= 11 is 7.72. The molecule has 102 valence electrons. The number of nitrogens with one attached hydrogen (secondary N) is 1. The molecular formula is C15H19ClN2S. The molecule has 0 aliphatic rings. The molecule has 1 aromatic carbocycles. The second kappa shape index (κ2) is 7.04. The number of aryl methyl sites for hydroxylation is 1. The summed E-state index contributed by atoms with van der Waals surface area (Å²) in [4.78, 5) is 6.11. The molecular weight excluding hydrogens is 276 g/mol. The van der Waals surface area contributed by atoms with Gasteiger partial charge in [0.25, 0.3) is 0 Å². The maximum atomic E-state index is 5.90. The molecule has 1 heterocycles. The molecule has 2 nitrogen and oxygen atoms in total. The Morgan fingerprint density at radius 3 is 2.58 bits per heavy atom. The van der Waals surface area contributed by atoms with Crippen molar-refractivity contribution < 1.29 is 0 Å². The standard InChI is InChI=1S/C15H19ClN2S/c1-3-13-14(10-17-4-2)19-15(18-13)9-11-5-7-12(16)8-6-11/h5-8,17H,3-4,9-10H2,1-2H3. The summed E-state index contributed by atoms with van der Waals surface area (Å²) < 4.78 is 0. The van der Waals surface area contributed by atoms with Crippen LogP contribution >= 0.6 is 22.9 Å². The summed E-state index contributed by atoms with van der Waals surface area (Å²) in [6.45, 7) is 6.21. The van der Waals surface area contributed by atoms with E-state index in [9.17, 15) is 0 Å². The van der Waals surface area contributed by atoms with Crippen LogP contribution in [-0.4, -0.2) is 11.5 Å². The Hall–Kier alpha value is -0.900. The minimum atomic E-state index is 0.782. The van der Waals surface area contributed by atoms with Crippen LogP contribution in [0.4, 0.5) is 0 Å². The van der Waals surface area contributed by atoms with Gasteiger partial charge in [-0.15, -0.1) is 11.3 Å². The summed E-state index contributed by atoms with van der Waals surface area (Å²) in [6.07, 6.45) is 1.89. The highest BCUT2D eigenvalue weighted by Crippen LogP contribution is 2.22. The van der Waals surface area contributed by atoms with Crippen molar-refractivity contribution in [1.29, 1.82) is 0 Å². The van der Waals surface area contributed by atoms with Crippen LogP contribution in [0.25, 0.3) is 0 Å². The van der Waals surface area contributed by atoms with Gasteiger partial charge in [-0.1, -0.05) is 37.6 Å². The summed E-state index contributed by atoms with van der Waals surface area (Å²) in [7, 11) is 0. The third-order valence-electron chi connectivity index (χ3n) is 2.96. The second-order valence-corrected chi connectivity index (χ2v) is 6.02. The lowest BCUT2D eigenvalue weighted by molar-refractivity contribution is 0.727. The molecule has 1 aromatic heterocycles.